The summed E-state index contributed by atoms with van der Waals surface area (Å²) >= 11 is 0. The van der Waals surface area contributed by atoms with Gasteiger partial charge in [-0.15, -0.1) is 0 Å². The largest absolute Gasteiger partial charge is 0.390 e. The maximum Gasteiger partial charge on any atom is 0.238 e. The first kappa shape index (κ1) is 17.7. The predicted octanol–water partition coefficient (Wildman–Crippen LogP) is 0.207. The Hall–Kier alpha value is -0.660. The van der Waals surface area contributed by atoms with Crippen LogP contribution in [0.15, 0.2) is 0 Å². The van der Waals surface area contributed by atoms with Crippen LogP contribution in [0.1, 0.15) is 46.0 Å². The minimum absolute atomic E-state index is 0.279. The molecule has 3 atom stereocenters. The van der Waals surface area contributed by atoms with E-state index in [2.05, 4.69) is 10.6 Å². The molecular weight excluding hydrogens is 304 g/mol. The van der Waals surface area contributed by atoms with Crippen LogP contribution in [0.4, 0.5) is 0 Å². The molecule has 0 aromatic heterocycles. The van der Waals surface area contributed by atoms with Crippen molar-refractivity contribution in [3.63, 3.8) is 0 Å². The summed E-state index contributed by atoms with van der Waals surface area (Å²) in [6.07, 6.45) is 3.57. The fourth-order valence-corrected chi connectivity index (χ4v) is 6.04. The molecule has 2 rings (SSSR count). The van der Waals surface area contributed by atoms with Crippen LogP contribution in [0.5, 0.6) is 0 Å². The van der Waals surface area contributed by atoms with Crippen LogP contribution < -0.4 is 10.6 Å². The molecule has 2 aliphatic rings. The quantitative estimate of drug-likeness (QED) is 0.669. The van der Waals surface area contributed by atoms with Crippen LogP contribution >= 0.6 is 0 Å². The molecule has 128 valence electrons. The Bertz CT molecular complexity index is 486. The summed E-state index contributed by atoms with van der Waals surface area (Å²) in [6.45, 7) is 4.44. The monoisotopic (exact) mass is 332 g/mol. The van der Waals surface area contributed by atoms with Crippen molar-refractivity contribution in [3.8, 4) is 0 Å². The van der Waals surface area contributed by atoms with Gasteiger partial charge in [0.2, 0.25) is 5.91 Å². The van der Waals surface area contributed by atoms with Gasteiger partial charge in [0.05, 0.1) is 17.4 Å². The lowest BCUT2D eigenvalue weighted by atomic mass is 10.0. The van der Waals surface area contributed by atoms with Crippen LogP contribution in [0, 0.1) is 5.92 Å². The molecule has 22 heavy (non-hydrogen) atoms. The van der Waals surface area contributed by atoms with Gasteiger partial charge < -0.3 is 15.7 Å². The minimum atomic E-state index is -3.50. The fourth-order valence-electron chi connectivity index (χ4n) is 3.51. The zero-order valence-corrected chi connectivity index (χ0v) is 14.2. The molecule has 0 spiro atoms. The van der Waals surface area contributed by atoms with Crippen molar-refractivity contribution in [2.45, 2.75) is 68.6 Å². The van der Waals surface area contributed by atoms with E-state index in [9.17, 15) is 18.3 Å². The van der Waals surface area contributed by atoms with E-state index < -0.39 is 38.4 Å². The fraction of sp³-hybridized carbons (Fsp3) is 0.933. The van der Waals surface area contributed by atoms with Crippen molar-refractivity contribution in [1.82, 2.24) is 10.6 Å². The molecule has 0 aromatic rings. The SMILES string of the molecule is CC(C)C(C(=O)N[C@@H]1CNC[C@@H]1O)S(=O)(=O)C1CCCCC1. The number of hydrogen-bond acceptors (Lipinski definition) is 5. The number of carbonyl (C=O) groups is 1. The third-order valence-corrected chi connectivity index (χ3v) is 7.61. The summed E-state index contributed by atoms with van der Waals surface area (Å²) in [7, 11) is -3.50. The van der Waals surface area contributed by atoms with Crippen molar-refractivity contribution in [3.05, 3.63) is 0 Å². The number of aliphatic hydroxyl groups excluding tert-OH is 1. The Kier molecular flexibility index (Phi) is 5.85. The number of β-amino-alcohol motifs (C(OH)–C–C–N with tert-alkyl or cyclic N) is 1. The van der Waals surface area contributed by atoms with Crippen molar-refractivity contribution in [2.24, 2.45) is 5.92 Å². The van der Waals surface area contributed by atoms with E-state index in [0.29, 0.717) is 25.9 Å². The number of carbonyl (C=O) groups excluding carboxylic acids is 1. The number of amides is 1. The van der Waals surface area contributed by atoms with Gasteiger partial charge in [0.15, 0.2) is 9.84 Å². The molecule has 1 amide bonds. The van der Waals surface area contributed by atoms with Gasteiger partial charge in [0.1, 0.15) is 5.25 Å². The first-order valence-electron chi connectivity index (χ1n) is 8.26. The third-order valence-electron chi connectivity index (χ3n) is 4.74. The van der Waals surface area contributed by atoms with Crippen molar-refractivity contribution >= 4 is 15.7 Å². The molecule has 1 heterocycles. The molecule has 0 radical (unpaired) electrons. The van der Waals surface area contributed by atoms with Crippen molar-refractivity contribution in [2.75, 3.05) is 13.1 Å². The molecule has 1 saturated carbocycles. The van der Waals surface area contributed by atoms with Crippen LogP contribution in [-0.2, 0) is 14.6 Å². The summed E-state index contributed by atoms with van der Waals surface area (Å²) in [5.74, 6) is -0.744. The van der Waals surface area contributed by atoms with Gasteiger partial charge in [0.25, 0.3) is 0 Å². The highest BCUT2D eigenvalue weighted by molar-refractivity contribution is 7.93. The van der Waals surface area contributed by atoms with Crippen molar-refractivity contribution < 1.29 is 18.3 Å². The zero-order chi connectivity index (χ0) is 16.3. The number of aliphatic hydroxyl groups is 1. The lowest BCUT2D eigenvalue weighted by molar-refractivity contribution is -0.122. The molecule has 7 heteroatoms. The van der Waals surface area contributed by atoms with E-state index in [4.69, 9.17) is 0 Å². The average Bonchev–Trinajstić information content (AvgIpc) is 2.84. The lowest BCUT2D eigenvalue weighted by Gasteiger charge is -2.29. The van der Waals surface area contributed by atoms with Crippen LogP contribution in [-0.4, -0.2) is 55.2 Å². The maximum atomic E-state index is 12.9. The Morgan fingerprint density at radius 1 is 1.18 bits per heavy atom. The Labute approximate surface area is 133 Å². The van der Waals surface area contributed by atoms with E-state index in [1.54, 1.807) is 13.8 Å². The second kappa shape index (κ2) is 7.27. The van der Waals surface area contributed by atoms with Gasteiger partial charge in [-0.3, -0.25) is 4.79 Å². The van der Waals surface area contributed by atoms with E-state index in [0.717, 1.165) is 19.3 Å². The van der Waals surface area contributed by atoms with Gasteiger partial charge in [-0.25, -0.2) is 8.42 Å². The summed E-state index contributed by atoms with van der Waals surface area (Å²) in [4.78, 5) is 12.5. The Morgan fingerprint density at radius 2 is 1.82 bits per heavy atom. The van der Waals surface area contributed by atoms with Crippen molar-refractivity contribution in [1.29, 1.82) is 0 Å². The standard InChI is InChI=1S/C15H28N2O4S/c1-10(2)14(15(19)17-12-8-16-9-13(12)18)22(20,21)11-6-4-3-5-7-11/h10-14,16,18H,3-9H2,1-2H3,(H,17,19)/t12-,13+,14?/m1/s1. The van der Waals surface area contributed by atoms with E-state index >= 15 is 0 Å². The molecule has 1 saturated heterocycles. The third kappa shape index (κ3) is 3.81. The molecule has 0 bridgehead atoms. The van der Waals surface area contributed by atoms with E-state index in [-0.39, 0.29) is 5.92 Å². The molecular formula is C15H28N2O4S. The van der Waals surface area contributed by atoms with E-state index in [1.165, 1.54) is 0 Å². The first-order chi connectivity index (χ1) is 10.3. The lowest BCUT2D eigenvalue weighted by Crippen LogP contribution is -2.52. The highest BCUT2D eigenvalue weighted by Crippen LogP contribution is 2.29. The van der Waals surface area contributed by atoms with Gasteiger partial charge >= 0.3 is 0 Å². The summed E-state index contributed by atoms with van der Waals surface area (Å²) in [6, 6.07) is -0.407. The molecule has 1 aliphatic heterocycles. The zero-order valence-electron chi connectivity index (χ0n) is 13.4. The maximum absolute atomic E-state index is 12.9. The topological polar surface area (TPSA) is 95.5 Å². The van der Waals surface area contributed by atoms with Gasteiger partial charge in [-0.1, -0.05) is 33.1 Å². The van der Waals surface area contributed by atoms with Crippen LogP contribution in [0.3, 0.4) is 0 Å². The van der Waals surface area contributed by atoms with Crippen LogP contribution in [0.25, 0.3) is 0 Å². The highest BCUT2D eigenvalue weighted by Gasteiger charge is 2.42. The molecule has 3 N–H and O–H groups in total. The van der Waals surface area contributed by atoms with E-state index in [1.807, 2.05) is 0 Å². The summed E-state index contributed by atoms with van der Waals surface area (Å²) in [5.41, 5.74) is 0. The number of hydrogen-bond donors (Lipinski definition) is 3. The second-order valence-corrected chi connectivity index (χ2v) is 9.21. The first-order valence-corrected chi connectivity index (χ1v) is 9.87. The van der Waals surface area contributed by atoms with Crippen LogP contribution in [0.2, 0.25) is 0 Å². The number of rotatable bonds is 5. The molecule has 2 fully saturated rings. The summed E-state index contributed by atoms with van der Waals surface area (Å²) in [5, 5.41) is 14.1. The minimum Gasteiger partial charge on any atom is -0.390 e. The van der Waals surface area contributed by atoms with Gasteiger partial charge in [-0.2, -0.15) is 0 Å². The Balaban J connectivity index is 2.12. The molecule has 6 nitrogen and oxygen atoms in total. The predicted molar refractivity (Wildman–Crippen MR) is 85.2 cm³/mol. The smallest absolute Gasteiger partial charge is 0.238 e. The number of nitrogens with one attached hydrogen (secondary N) is 2. The number of sulfone groups is 1. The molecule has 0 aromatic carbocycles. The average molecular weight is 332 g/mol. The Morgan fingerprint density at radius 3 is 2.32 bits per heavy atom. The van der Waals surface area contributed by atoms with Gasteiger partial charge in [0, 0.05) is 13.1 Å². The highest BCUT2D eigenvalue weighted by atomic mass is 32.2. The molecule has 1 unspecified atom stereocenters. The van der Waals surface area contributed by atoms with Gasteiger partial charge in [-0.05, 0) is 18.8 Å². The summed E-state index contributed by atoms with van der Waals surface area (Å²) < 4.78 is 25.8. The second-order valence-electron chi connectivity index (χ2n) is 6.85. The normalized spacial score (nSPS) is 28.7. The molecule has 1 aliphatic carbocycles.